The quantitative estimate of drug-likeness (QED) is 0.880. The number of nitrogen functional groups attached to an aromatic ring is 1. The molecular formula is C17H19Cl2N3O. The molecule has 0 unspecified atom stereocenters. The topological polar surface area (TPSA) is 60.2 Å². The number of benzene rings is 1. The first-order chi connectivity index (χ1) is 11.0. The lowest BCUT2D eigenvalue weighted by Gasteiger charge is -2.26. The van der Waals surface area contributed by atoms with Crippen LogP contribution in [-0.2, 0) is 0 Å². The largest absolute Gasteiger partial charge is 0.474 e. The van der Waals surface area contributed by atoms with Crippen LogP contribution in [0.3, 0.4) is 0 Å². The van der Waals surface area contributed by atoms with E-state index in [4.69, 9.17) is 33.7 Å². The maximum Gasteiger partial charge on any atom is 0.213 e. The Labute approximate surface area is 146 Å². The van der Waals surface area contributed by atoms with Gasteiger partial charge in [0.2, 0.25) is 5.88 Å². The summed E-state index contributed by atoms with van der Waals surface area (Å²) < 4.78 is 5.99. The molecule has 1 aliphatic rings. The van der Waals surface area contributed by atoms with E-state index in [0.29, 0.717) is 33.4 Å². The molecule has 3 atom stereocenters. The third-order valence-corrected chi connectivity index (χ3v) is 5.04. The molecular weight excluding hydrogens is 333 g/mol. The summed E-state index contributed by atoms with van der Waals surface area (Å²) in [5, 5.41) is 4.60. The summed E-state index contributed by atoms with van der Waals surface area (Å²) in [6, 6.07) is 9.41. The molecule has 0 saturated carbocycles. The summed E-state index contributed by atoms with van der Waals surface area (Å²) in [6.45, 7) is 3.85. The molecule has 2 heterocycles. The number of nitrogens with zero attached hydrogens (tertiary/aromatic N) is 1. The highest BCUT2D eigenvalue weighted by molar-refractivity contribution is 6.42. The fourth-order valence-electron chi connectivity index (χ4n) is 3.04. The smallest absolute Gasteiger partial charge is 0.213 e. The van der Waals surface area contributed by atoms with E-state index in [1.54, 1.807) is 18.3 Å². The van der Waals surface area contributed by atoms with Crippen molar-refractivity contribution in [1.82, 2.24) is 10.3 Å². The summed E-state index contributed by atoms with van der Waals surface area (Å²) >= 11 is 12.2. The van der Waals surface area contributed by atoms with E-state index in [1.807, 2.05) is 18.2 Å². The van der Waals surface area contributed by atoms with Gasteiger partial charge in [0.1, 0.15) is 6.10 Å². The predicted octanol–water partition coefficient (Wildman–Crippen LogP) is 3.74. The first-order valence-corrected chi connectivity index (χ1v) is 8.34. The Morgan fingerprint density at radius 2 is 2.04 bits per heavy atom. The molecule has 1 aliphatic heterocycles. The number of hydrogen-bond acceptors (Lipinski definition) is 4. The van der Waals surface area contributed by atoms with Gasteiger partial charge in [0.25, 0.3) is 0 Å². The summed E-state index contributed by atoms with van der Waals surface area (Å²) in [6.07, 6.45) is 1.62. The van der Waals surface area contributed by atoms with Gasteiger partial charge in [-0.1, -0.05) is 29.3 Å². The van der Waals surface area contributed by atoms with Crippen LogP contribution in [0.5, 0.6) is 5.88 Å². The first kappa shape index (κ1) is 16.4. The van der Waals surface area contributed by atoms with E-state index in [-0.39, 0.29) is 6.10 Å². The highest BCUT2D eigenvalue weighted by Crippen LogP contribution is 2.35. The minimum absolute atomic E-state index is 0.0144. The Balaban J connectivity index is 1.75. The maximum absolute atomic E-state index is 6.16. The molecule has 4 nitrogen and oxygen atoms in total. The van der Waals surface area contributed by atoms with Crippen molar-refractivity contribution in [2.45, 2.75) is 18.9 Å². The minimum Gasteiger partial charge on any atom is -0.474 e. The Kier molecular flexibility index (Phi) is 4.95. The molecule has 3 N–H and O–H groups in total. The number of rotatable bonds is 4. The lowest BCUT2D eigenvalue weighted by atomic mass is 9.86. The third-order valence-electron chi connectivity index (χ3n) is 4.30. The van der Waals surface area contributed by atoms with E-state index in [9.17, 15) is 0 Å². The van der Waals surface area contributed by atoms with Gasteiger partial charge in [0, 0.05) is 31.0 Å². The highest BCUT2D eigenvalue weighted by Gasteiger charge is 2.34. The molecule has 122 valence electrons. The van der Waals surface area contributed by atoms with Gasteiger partial charge < -0.3 is 15.8 Å². The zero-order chi connectivity index (χ0) is 16.4. The lowest BCUT2D eigenvalue weighted by Crippen LogP contribution is -2.29. The third kappa shape index (κ3) is 3.71. The van der Waals surface area contributed by atoms with Crippen molar-refractivity contribution in [2.24, 2.45) is 5.92 Å². The number of nitrogens with one attached hydrogen (secondary N) is 1. The maximum atomic E-state index is 6.16. The molecule has 3 rings (SSSR count). The van der Waals surface area contributed by atoms with Crippen molar-refractivity contribution in [3.8, 4) is 5.88 Å². The highest BCUT2D eigenvalue weighted by atomic mass is 35.5. The van der Waals surface area contributed by atoms with E-state index in [2.05, 4.69) is 17.2 Å². The fraction of sp³-hybridized carbons (Fsp3) is 0.353. The second-order valence-electron chi connectivity index (χ2n) is 5.85. The van der Waals surface area contributed by atoms with Gasteiger partial charge in [-0.2, -0.15) is 0 Å². The Morgan fingerprint density at radius 1 is 1.22 bits per heavy atom. The number of halogens is 2. The molecule has 1 aromatic heterocycles. The van der Waals surface area contributed by atoms with E-state index >= 15 is 0 Å². The van der Waals surface area contributed by atoms with Crippen LogP contribution in [0.4, 0.5) is 5.69 Å². The van der Waals surface area contributed by atoms with Gasteiger partial charge >= 0.3 is 0 Å². The van der Waals surface area contributed by atoms with Gasteiger partial charge in [-0.25, -0.2) is 4.98 Å². The van der Waals surface area contributed by atoms with Crippen LogP contribution in [0.25, 0.3) is 0 Å². The normalized spacial score (nSPS) is 22.0. The second-order valence-corrected chi connectivity index (χ2v) is 6.67. The van der Waals surface area contributed by atoms with Crippen LogP contribution in [0.2, 0.25) is 10.0 Å². The van der Waals surface area contributed by atoms with Gasteiger partial charge in [-0.15, -0.1) is 0 Å². The molecule has 0 bridgehead atoms. The van der Waals surface area contributed by atoms with Gasteiger partial charge in [0.15, 0.2) is 0 Å². The number of hydrogen-bond donors (Lipinski definition) is 2. The van der Waals surface area contributed by atoms with E-state index < -0.39 is 0 Å². The molecule has 0 amide bonds. The van der Waals surface area contributed by atoms with Gasteiger partial charge in [-0.05, 0) is 30.7 Å². The summed E-state index contributed by atoms with van der Waals surface area (Å²) in [5.41, 5.74) is 7.45. The van der Waals surface area contributed by atoms with E-state index in [0.717, 1.165) is 13.1 Å². The van der Waals surface area contributed by atoms with Crippen LogP contribution in [0.1, 0.15) is 18.4 Å². The molecule has 0 spiro atoms. The van der Waals surface area contributed by atoms with Crippen LogP contribution in [0, 0.1) is 5.92 Å². The van der Waals surface area contributed by atoms with Crippen molar-refractivity contribution in [3.05, 3.63) is 52.1 Å². The predicted molar refractivity (Wildman–Crippen MR) is 94.3 cm³/mol. The number of ether oxygens (including phenoxy) is 1. The lowest BCUT2D eigenvalue weighted by molar-refractivity contribution is 0.145. The average Bonchev–Trinajstić information content (AvgIpc) is 3.02. The van der Waals surface area contributed by atoms with Gasteiger partial charge in [-0.3, -0.25) is 0 Å². The SMILES string of the molecule is C[C@H](Oc1ccc(N)cn1)[C@H]1CNC[C@@H]1c1ccc(Cl)c(Cl)c1. The summed E-state index contributed by atoms with van der Waals surface area (Å²) in [5.74, 6) is 1.24. The monoisotopic (exact) mass is 351 g/mol. The Hall–Kier alpha value is -1.49. The standard InChI is InChI=1S/C17H19Cl2N3O/c1-10(23-17-5-3-12(20)7-22-17)13-8-21-9-14(13)11-2-4-15(18)16(19)6-11/h2-7,10,13-14,21H,8-9,20H2,1H3/t10-,13+,14+/m0/s1. The average molecular weight is 352 g/mol. The van der Waals surface area contributed by atoms with Gasteiger partial charge in [0.05, 0.1) is 21.9 Å². The Bertz CT molecular complexity index is 678. The molecule has 1 aromatic carbocycles. The first-order valence-electron chi connectivity index (χ1n) is 7.58. The number of pyridine rings is 1. The zero-order valence-corrected chi connectivity index (χ0v) is 14.3. The molecule has 1 fully saturated rings. The van der Waals surface area contributed by atoms with Crippen molar-refractivity contribution < 1.29 is 4.74 Å². The zero-order valence-electron chi connectivity index (χ0n) is 12.8. The molecule has 2 aromatic rings. The summed E-state index contributed by atoms with van der Waals surface area (Å²) in [4.78, 5) is 4.21. The van der Waals surface area contributed by atoms with Crippen LogP contribution >= 0.6 is 23.2 Å². The number of aromatic nitrogens is 1. The molecule has 23 heavy (non-hydrogen) atoms. The van der Waals surface area contributed by atoms with Crippen LogP contribution < -0.4 is 15.8 Å². The van der Waals surface area contributed by atoms with Crippen LogP contribution in [-0.4, -0.2) is 24.2 Å². The van der Waals surface area contributed by atoms with Crippen molar-refractivity contribution >= 4 is 28.9 Å². The van der Waals surface area contributed by atoms with Crippen molar-refractivity contribution in [2.75, 3.05) is 18.8 Å². The molecule has 0 aliphatic carbocycles. The van der Waals surface area contributed by atoms with Crippen LogP contribution in [0.15, 0.2) is 36.5 Å². The number of anilines is 1. The summed E-state index contributed by atoms with van der Waals surface area (Å²) in [7, 11) is 0. The molecule has 6 heteroatoms. The molecule has 1 saturated heterocycles. The fourth-order valence-corrected chi connectivity index (χ4v) is 3.35. The Morgan fingerprint density at radius 3 is 2.74 bits per heavy atom. The molecule has 0 radical (unpaired) electrons. The number of nitrogens with two attached hydrogens (primary N) is 1. The van der Waals surface area contributed by atoms with Crippen molar-refractivity contribution in [1.29, 1.82) is 0 Å². The van der Waals surface area contributed by atoms with Crippen molar-refractivity contribution in [3.63, 3.8) is 0 Å². The minimum atomic E-state index is 0.0144. The van der Waals surface area contributed by atoms with E-state index in [1.165, 1.54) is 5.56 Å². The second kappa shape index (κ2) is 6.95.